The van der Waals surface area contributed by atoms with Crippen LogP contribution in [0.25, 0.3) is 60.6 Å². The molecule has 0 saturated carbocycles. The molecular weight excluding hydrogens is 874 g/mol. The summed E-state index contributed by atoms with van der Waals surface area (Å²) in [6, 6.07) is 61.8. The van der Waals surface area contributed by atoms with Crippen molar-refractivity contribution in [2.75, 3.05) is 9.80 Å². The Labute approximate surface area is 424 Å². The topological polar surface area (TPSA) is 24.6 Å². The molecule has 0 radical (unpaired) electrons. The number of benzene rings is 9. The van der Waals surface area contributed by atoms with Crippen LogP contribution in [-0.4, -0.2) is 11.3 Å². The molecule has 11 aromatic rings. The van der Waals surface area contributed by atoms with Crippen LogP contribution in [0.4, 0.5) is 34.1 Å². The van der Waals surface area contributed by atoms with Crippen molar-refractivity contribution in [1.29, 1.82) is 0 Å². The van der Waals surface area contributed by atoms with Crippen molar-refractivity contribution in [3.63, 3.8) is 0 Å². The molecule has 0 atom stereocenters. The molecule has 4 nitrogen and oxygen atoms in total. The van der Waals surface area contributed by atoms with Gasteiger partial charge in [-0.3, -0.25) is 0 Å². The van der Waals surface area contributed by atoms with Crippen LogP contribution in [0.3, 0.4) is 0 Å². The smallest absolute Gasteiger partial charge is 0.252 e. The molecule has 13 rings (SSSR count). The van der Waals surface area contributed by atoms with E-state index in [0.717, 1.165) is 38.8 Å². The highest BCUT2D eigenvalue weighted by Crippen LogP contribution is 2.50. The molecule has 72 heavy (non-hydrogen) atoms. The van der Waals surface area contributed by atoms with Gasteiger partial charge in [-0.2, -0.15) is 0 Å². The minimum Gasteiger partial charge on any atom is -0.455 e. The Morgan fingerprint density at radius 2 is 1.01 bits per heavy atom. The Hall–Kier alpha value is -7.76. The molecule has 2 aliphatic rings. The number of hydrogen-bond acceptors (Lipinski definition) is 3. The summed E-state index contributed by atoms with van der Waals surface area (Å²) < 4.78 is 9.10. The molecule has 0 saturated heterocycles. The molecule has 2 aliphatic heterocycles. The van der Waals surface area contributed by atoms with Crippen LogP contribution in [0, 0.1) is 34.6 Å². The van der Waals surface area contributed by atoms with Gasteiger partial charge in [0, 0.05) is 55.5 Å². The van der Waals surface area contributed by atoms with E-state index >= 15 is 0 Å². The van der Waals surface area contributed by atoms with Crippen molar-refractivity contribution in [3.8, 4) is 16.8 Å². The van der Waals surface area contributed by atoms with E-state index in [-0.39, 0.29) is 17.5 Å². The van der Waals surface area contributed by atoms with Gasteiger partial charge in [-0.25, -0.2) is 0 Å². The third-order valence-electron chi connectivity index (χ3n) is 15.9. The Kier molecular flexibility index (Phi) is 9.59. The first-order valence-corrected chi connectivity index (χ1v) is 25.7. The van der Waals surface area contributed by atoms with Gasteiger partial charge in [0.1, 0.15) is 11.2 Å². The monoisotopic (exact) mass is 933 g/mol. The zero-order valence-electron chi connectivity index (χ0n) is 43.4. The lowest BCUT2D eigenvalue weighted by atomic mass is 9.33. The van der Waals surface area contributed by atoms with Gasteiger partial charge in [0.15, 0.2) is 0 Å². The highest BCUT2D eigenvalue weighted by atomic mass is 16.3. The van der Waals surface area contributed by atoms with Crippen LogP contribution in [0.1, 0.15) is 80.5 Å². The van der Waals surface area contributed by atoms with Crippen LogP contribution in [0.15, 0.2) is 168 Å². The normalized spacial score (nSPS) is 13.4. The van der Waals surface area contributed by atoms with Crippen molar-refractivity contribution in [2.24, 2.45) is 0 Å². The van der Waals surface area contributed by atoms with Crippen LogP contribution < -0.4 is 26.2 Å². The number of furan rings is 1. The molecule has 352 valence electrons. The van der Waals surface area contributed by atoms with Gasteiger partial charge in [-0.15, -0.1) is 0 Å². The number of para-hydroxylation sites is 4. The fourth-order valence-electron chi connectivity index (χ4n) is 12.6. The molecule has 9 aromatic carbocycles. The van der Waals surface area contributed by atoms with Crippen LogP contribution >= 0.6 is 0 Å². The van der Waals surface area contributed by atoms with Gasteiger partial charge in [0.25, 0.3) is 6.71 Å². The molecule has 0 N–H and O–H groups in total. The molecule has 2 aromatic heterocycles. The largest absolute Gasteiger partial charge is 0.455 e. The zero-order valence-corrected chi connectivity index (χ0v) is 43.4. The number of rotatable bonds is 4. The summed E-state index contributed by atoms with van der Waals surface area (Å²) >= 11 is 0. The molecule has 0 spiro atoms. The predicted octanol–water partition coefficient (Wildman–Crippen LogP) is 16.6. The quantitative estimate of drug-likeness (QED) is 0.164. The van der Waals surface area contributed by atoms with E-state index in [2.05, 4.69) is 254 Å². The third kappa shape index (κ3) is 6.52. The van der Waals surface area contributed by atoms with E-state index in [1.165, 1.54) is 111 Å². The average molecular weight is 934 g/mol. The maximum atomic E-state index is 6.63. The minimum absolute atomic E-state index is 0.00303. The number of aryl methyl sites for hydroxylation is 5. The van der Waals surface area contributed by atoms with Crippen LogP contribution in [0.5, 0.6) is 0 Å². The van der Waals surface area contributed by atoms with Crippen molar-refractivity contribution < 1.29 is 4.42 Å². The summed E-state index contributed by atoms with van der Waals surface area (Å²) in [7, 11) is 0. The number of aromatic nitrogens is 1. The Bertz CT molecular complexity index is 4040. The highest BCUT2D eigenvalue weighted by Gasteiger charge is 2.45. The third-order valence-corrected chi connectivity index (χ3v) is 15.9. The van der Waals surface area contributed by atoms with E-state index in [4.69, 9.17) is 4.42 Å². The standard InChI is InChI=1S/C67H60BN3O/c1-39-30-59-62-60(31-39)71(64-42(4)34-46(35-43(64)5)67(9,10)11)58-38-57-52(49-22-15-17-26-55(49)69(57)47-20-13-12-14-21-47)37-54(58)68(62)53-36-45(66(6,7)8)28-29-56(53)70(59)63-40(2)32-44(33-41(63)3)48-24-19-25-51-50-23-16-18-27-61(50)72-65(48)51/h12-38H,1-11H3. The highest BCUT2D eigenvalue weighted by molar-refractivity contribution is 7.00. The first kappa shape index (κ1) is 44.2. The van der Waals surface area contributed by atoms with Gasteiger partial charge in [0.2, 0.25) is 0 Å². The number of anilines is 6. The molecule has 5 heteroatoms. The van der Waals surface area contributed by atoms with Gasteiger partial charge >= 0.3 is 0 Å². The summed E-state index contributed by atoms with van der Waals surface area (Å²) in [5.41, 5.74) is 27.9. The summed E-state index contributed by atoms with van der Waals surface area (Å²) in [6.45, 7) is 25.5. The predicted molar refractivity (Wildman–Crippen MR) is 309 cm³/mol. The first-order chi connectivity index (χ1) is 34.5. The van der Waals surface area contributed by atoms with E-state index in [1.807, 2.05) is 0 Å². The summed E-state index contributed by atoms with van der Waals surface area (Å²) in [4.78, 5) is 5.26. The molecule has 0 fully saturated rings. The van der Waals surface area contributed by atoms with E-state index in [1.54, 1.807) is 0 Å². The molecule has 0 amide bonds. The van der Waals surface area contributed by atoms with Crippen molar-refractivity contribution in [3.05, 3.63) is 203 Å². The average Bonchev–Trinajstić information content (AvgIpc) is 3.89. The molecule has 4 heterocycles. The fraction of sp³-hybridized carbons (Fsp3) is 0.194. The lowest BCUT2D eigenvalue weighted by Gasteiger charge is -2.46. The molecule has 0 aliphatic carbocycles. The lowest BCUT2D eigenvalue weighted by molar-refractivity contribution is 0.589. The second-order valence-corrected chi connectivity index (χ2v) is 22.9. The van der Waals surface area contributed by atoms with Gasteiger partial charge in [-0.1, -0.05) is 145 Å². The van der Waals surface area contributed by atoms with E-state index in [0.29, 0.717) is 0 Å². The van der Waals surface area contributed by atoms with Gasteiger partial charge < -0.3 is 18.8 Å². The lowest BCUT2D eigenvalue weighted by Crippen LogP contribution is -2.61. The maximum Gasteiger partial charge on any atom is 0.252 e. The SMILES string of the molecule is Cc1cc2c3c(c1)N(c1c(C)cc(C(C)(C)C)cc1C)c1cc4c(cc1B3c1cc(C(C)(C)C)ccc1N2c1c(C)cc(-c2cccc3c2oc2ccccc23)cc1C)c1ccccc1n4-c1ccccc1. The summed E-state index contributed by atoms with van der Waals surface area (Å²) in [5.74, 6) is 0. The zero-order chi connectivity index (χ0) is 49.7. The maximum absolute atomic E-state index is 6.63. The van der Waals surface area contributed by atoms with Crippen LogP contribution in [0.2, 0.25) is 0 Å². The Morgan fingerprint density at radius 3 is 1.69 bits per heavy atom. The van der Waals surface area contributed by atoms with E-state index in [9.17, 15) is 0 Å². The van der Waals surface area contributed by atoms with E-state index < -0.39 is 0 Å². The number of hydrogen-bond donors (Lipinski definition) is 0. The fourth-order valence-corrected chi connectivity index (χ4v) is 12.6. The Morgan fingerprint density at radius 1 is 0.431 bits per heavy atom. The first-order valence-electron chi connectivity index (χ1n) is 25.7. The molecular formula is C67H60BN3O. The second kappa shape index (κ2) is 15.6. The van der Waals surface area contributed by atoms with Crippen molar-refractivity contribution in [2.45, 2.75) is 87.0 Å². The Balaban J connectivity index is 1.12. The van der Waals surface area contributed by atoms with Crippen molar-refractivity contribution in [1.82, 2.24) is 4.57 Å². The van der Waals surface area contributed by atoms with Crippen LogP contribution in [-0.2, 0) is 10.8 Å². The minimum atomic E-state index is -0.0684. The number of nitrogens with zero attached hydrogens (tertiary/aromatic N) is 3. The van der Waals surface area contributed by atoms with Gasteiger partial charge in [0.05, 0.1) is 22.4 Å². The van der Waals surface area contributed by atoms with Gasteiger partial charge in [-0.05, 0) is 167 Å². The summed E-state index contributed by atoms with van der Waals surface area (Å²) in [5, 5.41) is 4.81. The molecule has 0 unspecified atom stereocenters. The number of fused-ring (bicyclic) bond motifs is 10. The van der Waals surface area contributed by atoms with Crippen molar-refractivity contribution >= 4 is 101 Å². The second-order valence-electron chi connectivity index (χ2n) is 22.9. The molecule has 0 bridgehead atoms. The summed E-state index contributed by atoms with van der Waals surface area (Å²) in [6.07, 6.45) is 0.